The van der Waals surface area contributed by atoms with E-state index in [1.807, 2.05) is 0 Å². The van der Waals surface area contributed by atoms with Gasteiger partial charge in [-0.2, -0.15) is 0 Å². The third-order valence-electron chi connectivity index (χ3n) is 2.94. The molecule has 0 bridgehead atoms. The second-order valence-corrected chi connectivity index (χ2v) is 5.46. The molecule has 1 heterocycles. The number of anilines is 1. The lowest BCUT2D eigenvalue weighted by molar-refractivity contribution is 0.344. The third kappa shape index (κ3) is 4.10. The van der Waals surface area contributed by atoms with Gasteiger partial charge in [-0.3, -0.25) is 0 Å². The van der Waals surface area contributed by atoms with Crippen molar-refractivity contribution in [3.05, 3.63) is 17.0 Å². The highest BCUT2D eigenvalue weighted by atomic mass is 35.5. The standard InChI is InChI=1S/C13H23ClN4/c1-6-10-12(14)15-8-16-13(10)17-11(9(2)3)7-18(4)5/h8-9,11H,6-7H2,1-5H3,(H,15,16,17). The zero-order valence-electron chi connectivity index (χ0n) is 11.9. The Morgan fingerprint density at radius 3 is 2.50 bits per heavy atom. The van der Waals surface area contributed by atoms with Crippen LogP contribution in [0.2, 0.25) is 5.15 Å². The van der Waals surface area contributed by atoms with Crippen molar-refractivity contribution in [2.75, 3.05) is 26.0 Å². The molecule has 0 fully saturated rings. The van der Waals surface area contributed by atoms with Gasteiger partial charge >= 0.3 is 0 Å². The van der Waals surface area contributed by atoms with E-state index in [-0.39, 0.29) is 0 Å². The number of nitrogens with zero attached hydrogens (tertiary/aromatic N) is 3. The van der Waals surface area contributed by atoms with E-state index in [2.05, 4.69) is 55.1 Å². The van der Waals surface area contributed by atoms with E-state index in [4.69, 9.17) is 11.6 Å². The highest BCUT2D eigenvalue weighted by Gasteiger charge is 2.17. The maximum Gasteiger partial charge on any atom is 0.137 e. The largest absolute Gasteiger partial charge is 0.365 e. The van der Waals surface area contributed by atoms with Crippen LogP contribution in [0.1, 0.15) is 26.3 Å². The van der Waals surface area contributed by atoms with Crippen molar-refractivity contribution in [3.8, 4) is 0 Å². The highest BCUT2D eigenvalue weighted by Crippen LogP contribution is 2.22. The first-order valence-electron chi connectivity index (χ1n) is 6.36. The van der Waals surface area contributed by atoms with Gasteiger partial charge in [-0.1, -0.05) is 32.4 Å². The summed E-state index contributed by atoms with van der Waals surface area (Å²) < 4.78 is 0. The van der Waals surface area contributed by atoms with Gasteiger partial charge in [0.1, 0.15) is 17.3 Å². The Morgan fingerprint density at radius 1 is 1.33 bits per heavy atom. The SMILES string of the molecule is CCc1c(Cl)ncnc1NC(CN(C)C)C(C)C. The molecule has 0 saturated heterocycles. The smallest absolute Gasteiger partial charge is 0.137 e. The monoisotopic (exact) mass is 270 g/mol. The molecule has 0 saturated carbocycles. The average molecular weight is 271 g/mol. The fraction of sp³-hybridized carbons (Fsp3) is 0.692. The van der Waals surface area contributed by atoms with Crippen LogP contribution >= 0.6 is 11.6 Å². The molecule has 0 spiro atoms. The zero-order valence-corrected chi connectivity index (χ0v) is 12.6. The Labute approximate surface area is 115 Å². The zero-order chi connectivity index (χ0) is 13.7. The molecule has 1 aromatic heterocycles. The molecule has 0 aliphatic carbocycles. The van der Waals surface area contributed by atoms with Crippen molar-refractivity contribution >= 4 is 17.4 Å². The van der Waals surface area contributed by atoms with Gasteiger partial charge in [-0.05, 0) is 26.4 Å². The maximum absolute atomic E-state index is 6.10. The molecule has 0 aliphatic heterocycles. The highest BCUT2D eigenvalue weighted by molar-refractivity contribution is 6.30. The first kappa shape index (κ1) is 15.2. The van der Waals surface area contributed by atoms with Gasteiger partial charge in [0, 0.05) is 18.2 Å². The van der Waals surface area contributed by atoms with Crippen LogP contribution in [0.25, 0.3) is 0 Å². The fourth-order valence-electron chi connectivity index (χ4n) is 1.82. The van der Waals surface area contributed by atoms with E-state index in [0.717, 1.165) is 24.3 Å². The van der Waals surface area contributed by atoms with E-state index in [1.165, 1.54) is 6.33 Å². The molecule has 0 radical (unpaired) electrons. The van der Waals surface area contributed by atoms with Crippen molar-refractivity contribution in [3.63, 3.8) is 0 Å². The summed E-state index contributed by atoms with van der Waals surface area (Å²) >= 11 is 6.10. The number of hydrogen-bond acceptors (Lipinski definition) is 4. The molecule has 4 nitrogen and oxygen atoms in total. The summed E-state index contributed by atoms with van der Waals surface area (Å²) in [5.41, 5.74) is 0.989. The molecule has 1 rings (SSSR count). The summed E-state index contributed by atoms with van der Waals surface area (Å²) in [5, 5.41) is 4.04. The van der Waals surface area contributed by atoms with Crippen LogP contribution in [-0.2, 0) is 6.42 Å². The summed E-state index contributed by atoms with van der Waals surface area (Å²) in [6.07, 6.45) is 2.34. The Bertz CT molecular complexity index is 379. The predicted octanol–water partition coefficient (Wildman–Crippen LogP) is 2.69. The Morgan fingerprint density at radius 2 is 2.00 bits per heavy atom. The summed E-state index contributed by atoms with van der Waals surface area (Å²) in [6, 6.07) is 0.344. The van der Waals surface area contributed by atoms with E-state index >= 15 is 0 Å². The molecular weight excluding hydrogens is 248 g/mol. The third-order valence-corrected chi connectivity index (χ3v) is 3.26. The molecule has 1 N–H and O–H groups in total. The van der Waals surface area contributed by atoms with Crippen molar-refractivity contribution in [1.82, 2.24) is 14.9 Å². The van der Waals surface area contributed by atoms with Crippen LogP contribution in [0.15, 0.2) is 6.33 Å². The van der Waals surface area contributed by atoms with E-state index in [0.29, 0.717) is 17.1 Å². The van der Waals surface area contributed by atoms with Gasteiger partial charge in [-0.25, -0.2) is 9.97 Å². The fourth-order valence-corrected chi connectivity index (χ4v) is 2.09. The minimum absolute atomic E-state index is 0.344. The van der Waals surface area contributed by atoms with Gasteiger partial charge in [0.25, 0.3) is 0 Å². The van der Waals surface area contributed by atoms with Gasteiger partial charge in [0.05, 0.1) is 0 Å². The first-order valence-corrected chi connectivity index (χ1v) is 6.74. The van der Waals surface area contributed by atoms with Crippen LogP contribution < -0.4 is 5.32 Å². The molecular formula is C13H23ClN4. The van der Waals surface area contributed by atoms with Crippen molar-refractivity contribution < 1.29 is 0 Å². The number of aromatic nitrogens is 2. The average Bonchev–Trinajstić information content (AvgIpc) is 2.27. The number of rotatable bonds is 6. The van der Waals surface area contributed by atoms with Crippen LogP contribution in [0.3, 0.4) is 0 Å². The first-order chi connectivity index (χ1) is 8.45. The van der Waals surface area contributed by atoms with Crippen molar-refractivity contribution in [2.24, 2.45) is 5.92 Å². The van der Waals surface area contributed by atoms with Crippen molar-refractivity contribution in [2.45, 2.75) is 33.2 Å². The lowest BCUT2D eigenvalue weighted by Gasteiger charge is -2.27. The normalized spacial score (nSPS) is 13.1. The molecule has 18 heavy (non-hydrogen) atoms. The maximum atomic E-state index is 6.10. The molecule has 1 atom stereocenters. The van der Waals surface area contributed by atoms with Crippen LogP contribution in [-0.4, -0.2) is 41.5 Å². The van der Waals surface area contributed by atoms with Crippen LogP contribution in [0, 0.1) is 5.92 Å². The van der Waals surface area contributed by atoms with E-state index in [1.54, 1.807) is 0 Å². The molecule has 1 aromatic rings. The number of likely N-dealkylation sites (N-methyl/N-ethyl adjacent to an activating group) is 1. The summed E-state index contributed by atoms with van der Waals surface area (Å²) in [4.78, 5) is 10.5. The number of halogens is 1. The topological polar surface area (TPSA) is 41.1 Å². The molecule has 5 heteroatoms. The van der Waals surface area contributed by atoms with Crippen LogP contribution in [0.4, 0.5) is 5.82 Å². The second kappa shape index (κ2) is 6.90. The quantitative estimate of drug-likeness (QED) is 0.807. The Hall–Kier alpha value is -0.870. The summed E-state index contributed by atoms with van der Waals surface area (Å²) in [5.74, 6) is 1.38. The Balaban J connectivity index is 2.90. The number of nitrogens with one attached hydrogen (secondary N) is 1. The lowest BCUT2D eigenvalue weighted by Crippen LogP contribution is -2.37. The van der Waals surface area contributed by atoms with Crippen molar-refractivity contribution in [1.29, 1.82) is 0 Å². The van der Waals surface area contributed by atoms with Crippen LogP contribution in [0.5, 0.6) is 0 Å². The molecule has 102 valence electrons. The summed E-state index contributed by atoms with van der Waals surface area (Å²) in [7, 11) is 4.15. The van der Waals surface area contributed by atoms with Gasteiger partial charge in [-0.15, -0.1) is 0 Å². The number of hydrogen-bond donors (Lipinski definition) is 1. The van der Waals surface area contributed by atoms with Gasteiger partial charge in [0.15, 0.2) is 0 Å². The molecule has 0 aliphatic rings. The second-order valence-electron chi connectivity index (χ2n) is 5.10. The van der Waals surface area contributed by atoms with Gasteiger partial charge in [0.2, 0.25) is 0 Å². The minimum Gasteiger partial charge on any atom is -0.365 e. The summed E-state index contributed by atoms with van der Waals surface area (Å²) in [6.45, 7) is 7.43. The molecule has 1 unspecified atom stereocenters. The van der Waals surface area contributed by atoms with Gasteiger partial charge < -0.3 is 10.2 Å². The predicted molar refractivity (Wildman–Crippen MR) is 77.2 cm³/mol. The molecule has 0 aromatic carbocycles. The van der Waals surface area contributed by atoms with E-state index < -0.39 is 0 Å². The Kier molecular flexibility index (Phi) is 5.82. The lowest BCUT2D eigenvalue weighted by atomic mass is 10.0. The van der Waals surface area contributed by atoms with E-state index in [9.17, 15) is 0 Å². The minimum atomic E-state index is 0.344. The molecule has 0 amide bonds.